The number of nitrogens with one attached hydrogen (secondary N) is 1. The molecule has 4 nitrogen and oxygen atoms in total. The van der Waals surface area contributed by atoms with Crippen molar-refractivity contribution >= 4 is 22.4 Å². The average molecular weight is 253 g/mol. The minimum Gasteiger partial charge on any atom is -0.375 e. The first-order valence-electron chi connectivity index (χ1n) is 6.14. The second-order valence-corrected chi connectivity index (χ2v) is 5.68. The van der Waals surface area contributed by atoms with Gasteiger partial charge in [-0.05, 0) is 18.8 Å². The van der Waals surface area contributed by atoms with E-state index >= 15 is 0 Å². The number of carbonyl (C=O) groups excluding carboxylic acids is 1. The maximum Gasteiger partial charge on any atom is 0.226 e. The Morgan fingerprint density at radius 3 is 3.00 bits per heavy atom. The first kappa shape index (κ1) is 12.4. The van der Waals surface area contributed by atoms with Crippen LogP contribution in [0.5, 0.6) is 0 Å². The summed E-state index contributed by atoms with van der Waals surface area (Å²) in [4.78, 5) is 15.9. The van der Waals surface area contributed by atoms with Gasteiger partial charge < -0.3 is 11.1 Å². The maximum absolute atomic E-state index is 11.8. The van der Waals surface area contributed by atoms with Crippen LogP contribution in [0.25, 0.3) is 0 Å². The van der Waals surface area contributed by atoms with Gasteiger partial charge in [0.15, 0.2) is 5.13 Å². The van der Waals surface area contributed by atoms with E-state index in [1.807, 2.05) is 5.38 Å². The van der Waals surface area contributed by atoms with Crippen LogP contribution < -0.4 is 11.1 Å². The molecule has 1 aliphatic rings. The molecule has 1 amide bonds. The predicted octanol–water partition coefficient (Wildman–Crippen LogP) is 1.96. The van der Waals surface area contributed by atoms with Crippen molar-refractivity contribution in [2.45, 2.75) is 45.1 Å². The van der Waals surface area contributed by atoms with Gasteiger partial charge in [-0.3, -0.25) is 4.79 Å². The van der Waals surface area contributed by atoms with Crippen LogP contribution in [0.4, 0.5) is 5.13 Å². The Balaban J connectivity index is 1.84. The summed E-state index contributed by atoms with van der Waals surface area (Å²) in [7, 11) is 0. The van der Waals surface area contributed by atoms with E-state index in [4.69, 9.17) is 5.73 Å². The summed E-state index contributed by atoms with van der Waals surface area (Å²) in [5.41, 5.74) is 6.31. The lowest BCUT2D eigenvalue weighted by atomic mass is 9.86. The van der Waals surface area contributed by atoms with Gasteiger partial charge in [-0.25, -0.2) is 4.98 Å². The van der Waals surface area contributed by atoms with Gasteiger partial charge in [0.25, 0.3) is 0 Å². The smallest absolute Gasteiger partial charge is 0.226 e. The molecule has 1 saturated carbocycles. The standard InChI is InChI=1S/C12H19N3OS/c1-8-4-2-3-5-10(8)15-11(16)6-9-7-17-12(13)14-9/h7-8,10H,2-6H2,1H3,(H2,13,14)(H,15,16). The molecule has 1 heterocycles. The van der Waals surface area contributed by atoms with E-state index in [2.05, 4.69) is 17.2 Å². The van der Waals surface area contributed by atoms with Crippen molar-refractivity contribution in [2.75, 3.05) is 5.73 Å². The van der Waals surface area contributed by atoms with Gasteiger partial charge in [0.05, 0.1) is 12.1 Å². The Morgan fingerprint density at radius 2 is 2.35 bits per heavy atom. The minimum absolute atomic E-state index is 0.0639. The Kier molecular flexibility index (Phi) is 3.99. The number of nitrogens with zero attached hydrogens (tertiary/aromatic N) is 1. The van der Waals surface area contributed by atoms with Gasteiger partial charge in [0, 0.05) is 11.4 Å². The molecular formula is C12H19N3OS. The van der Waals surface area contributed by atoms with E-state index in [1.54, 1.807) is 0 Å². The zero-order chi connectivity index (χ0) is 12.3. The first-order chi connectivity index (χ1) is 8.15. The number of anilines is 1. The molecule has 3 N–H and O–H groups in total. The third-order valence-electron chi connectivity index (χ3n) is 3.37. The molecule has 0 radical (unpaired) electrons. The molecule has 0 saturated heterocycles. The van der Waals surface area contributed by atoms with Crippen LogP contribution in [0, 0.1) is 5.92 Å². The number of hydrogen-bond donors (Lipinski definition) is 2. The van der Waals surface area contributed by atoms with Gasteiger partial charge in [0.2, 0.25) is 5.91 Å². The van der Waals surface area contributed by atoms with E-state index in [1.165, 1.54) is 30.6 Å². The summed E-state index contributed by atoms with van der Waals surface area (Å²) in [5.74, 6) is 0.655. The number of nitrogen functional groups attached to an aromatic ring is 1. The summed E-state index contributed by atoms with van der Waals surface area (Å²) in [5, 5.41) is 5.48. The van der Waals surface area contributed by atoms with Crippen molar-refractivity contribution < 1.29 is 4.79 Å². The summed E-state index contributed by atoms with van der Waals surface area (Å²) in [6, 6.07) is 0.340. The molecular weight excluding hydrogens is 234 g/mol. The summed E-state index contributed by atoms with van der Waals surface area (Å²) >= 11 is 1.38. The second kappa shape index (κ2) is 5.49. The van der Waals surface area contributed by atoms with Crippen LogP contribution >= 0.6 is 11.3 Å². The fraction of sp³-hybridized carbons (Fsp3) is 0.667. The largest absolute Gasteiger partial charge is 0.375 e. The number of amides is 1. The molecule has 1 aliphatic carbocycles. The van der Waals surface area contributed by atoms with Crippen molar-refractivity contribution in [3.8, 4) is 0 Å². The molecule has 2 unspecified atom stereocenters. The van der Waals surface area contributed by atoms with Gasteiger partial charge in [-0.2, -0.15) is 0 Å². The third kappa shape index (κ3) is 3.43. The zero-order valence-corrected chi connectivity index (χ0v) is 10.9. The van der Waals surface area contributed by atoms with Crippen LogP contribution in [0.2, 0.25) is 0 Å². The van der Waals surface area contributed by atoms with Gasteiger partial charge in [-0.1, -0.05) is 19.8 Å². The van der Waals surface area contributed by atoms with E-state index < -0.39 is 0 Å². The van der Waals surface area contributed by atoms with Crippen molar-refractivity contribution in [1.29, 1.82) is 0 Å². The number of nitrogens with two attached hydrogens (primary N) is 1. The normalized spacial score (nSPS) is 24.5. The Labute approximate surface area is 106 Å². The highest BCUT2D eigenvalue weighted by molar-refractivity contribution is 7.13. The summed E-state index contributed by atoms with van der Waals surface area (Å²) in [6.45, 7) is 2.21. The van der Waals surface area contributed by atoms with Crippen LogP contribution in [-0.2, 0) is 11.2 Å². The molecule has 1 aromatic rings. The van der Waals surface area contributed by atoms with Crippen LogP contribution in [0.1, 0.15) is 38.3 Å². The molecule has 0 bridgehead atoms. The number of thiazole rings is 1. The molecule has 1 fully saturated rings. The molecule has 17 heavy (non-hydrogen) atoms. The molecule has 94 valence electrons. The summed E-state index contributed by atoms with van der Waals surface area (Å²) < 4.78 is 0. The Morgan fingerprint density at radius 1 is 1.59 bits per heavy atom. The highest BCUT2D eigenvalue weighted by atomic mass is 32.1. The highest BCUT2D eigenvalue weighted by Gasteiger charge is 2.22. The van der Waals surface area contributed by atoms with Crippen molar-refractivity contribution in [3.05, 3.63) is 11.1 Å². The summed E-state index contributed by atoms with van der Waals surface area (Å²) in [6.07, 6.45) is 5.17. The fourth-order valence-electron chi connectivity index (χ4n) is 2.36. The maximum atomic E-state index is 11.8. The monoisotopic (exact) mass is 253 g/mol. The van der Waals surface area contributed by atoms with Gasteiger partial charge >= 0.3 is 0 Å². The number of carbonyl (C=O) groups is 1. The highest BCUT2D eigenvalue weighted by Crippen LogP contribution is 2.23. The zero-order valence-electron chi connectivity index (χ0n) is 10.1. The van der Waals surface area contributed by atoms with Crippen molar-refractivity contribution in [1.82, 2.24) is 10.3 Å². The van der Waals surface area contributed by atoms with E-state index in [0.717, 1.165) is 12.1 Å². The molecule has 0 aliphatic heterocycles. The fourth-order valence-corrected chi connectivity index (χ4v) is 2.92. The van der Waals surface area contributed by atoms with E-state index in [0.29, 0.717) is 23.5 Å². The quantitative estimate of drug-likeness (QED) is 0.865. The lowest BCUT2D eigenvalue weighted by Gasteiger charge is -2.29. The second-order valence-electron chi connectivity index (χ2n) is 4.79. The average Bonchev–Trinajstić information content (AvgIpc) is 2.67. The number of hydrogen-bond acceptors (Lipinski definition) is 4. The lowest BCUT2D eigenvalue weighted by molar-refractivity contribution is -0.121. The van der Waals surface area contributed by atoms with E-state index in [-0.39, 0.29) is 5.91 Å². The topological polar surface area (TPSA) is 68.0 Å². The Bertz CT molecular complexity index is 391. The third-order valence-corrected chi connectivity index (χ3v) is 4.09. The number of aromatic nitrogens is 1. The molecule has 5 heteroatoms. The van der Waals surface area contributed by atoms with Crippen LogP contribution in [0.15, 0.2) is 5.38 Å². The van der Waals surface area contributed by atoms with Crippen LogP contribution in [-0.4, -0.2) is 16.9 Å². The predicted molar refractivity (Wildman–Crippen MR) is 69.8 cm³/mol. The van der Waals surface area contributed by atoms with Crippen molar-refractivity contribution in [3.63, 3.8) is 0 Å². The van der Waals surface area contributed by atoms with Crippen LogP contribution in [0.3, 0.4) is 0 Å². The molecule has 2 rings (SSSR count). The molecule has 2 atom stereocenters. The SMILES string of the molecule is CC1CCCCC1NC(=O)Cc1csc(N)n1. The molecule has 0 spiro atoms. The van der Waals surface area contributed by atoms with Gasteiger partial charge in [-0.15, -0.1) is 11.3 Å². The molecule has 1 aromatic heterocycles. The van der Waals surface area contributed by atoms with Gasteiger partial charge in [0.1, 0.15) is 0 Å². The first-order valence-corrected chi connectivity index (χ1v) is 7.02. The number of rotatable bonds is 3. The van der Waals surface area contributed by atoms with Crippen molar-refractivity contribution in [2.24, 2.45) is 5.92 Å². The lowest BCUT2D eigenvalue weighted by Crippen LogP contribution is -2.41. The van der Waals surface area contributed by atoms with E-state index in [9.17, 15) is 4.79 Å². The minimum atomic E-state index is 0.0639. The molecule has 0 aromatic carbocycles. The Hall–Kier alpha value is -1.10.